The van der Waals surface area contributed by atoms with Crippen LogP contribution in [0.2, 0.25) is 0 Å². The van der Waals surface area contributed by atoms with Crippen LogP contribution in [0.4, 0.5) is 19.0 Å². The van der Waals surface area contributed by atoms with Crippen LogP contribution >= 0.6 is 0 Å². The Bertz CT molecular complexity index is 844. The molecule has 2 aromatic heterocycles. The van der Waals surface area contributed by atoms with Gasteiger partial charge in [-0.2, -0.15) is 13.2 Å². The molecule has 1 aliphatic heterocycles. The van der Waals surface area contributed by atoms with Gasteiger partial charge in [0.2, 0.25) is 11.2 Å². The molecule has 27 heavy (non-hydrogen) atoms. The lowest BCUT2D eigenvalue weighted by Crippen LogP contribution is -2.46. The number of hydrogen-bond acceptors (Lipinski definition) is 7. The van der Waals surface area contributed by atoms with E-state index < -0.39 is 29.5 Å². The van der Waals surface area contributed by atoms with E-state index in [1.165, 1.54) is 6.07 Å². The van der Waals surface area contributed by atoms with Gasteiger partial charge in [-0.1, -0.05) is 0 Å². The van der Waals surface area contributed by atoms with Gasteiger partial charge >= 0.3 is 6.18 Å². The molecule has 0 spiro atoms. The molecular formula is C17H18F3N3O4. The van der Waals surface area contributed by atoms with Crippen molar-refractivity contribution in [2.75, 3.05) is 31.1 Å². The molecule has 1 saturated heterocycles. The Hall–Kier alpha value is -2.59. The minimum Gasteiger partial charge on any atom is -0.502 e. The van der Waals surface area contributed by atoms with Crippen molar-refractivity contribution in [3.05, 3.63) is 51.7 Å². The van der Waals surface area contributed by atoms with Crippen molar-refractivity contribution in [3.63, 3.8) is 0 Å². The van der Waals surface area contributed by atoms with Crippen molar-refractivity contribution in [2.45, 2.75) is 19.3 Å². The second kappa shape index (κ2) is 7.57. The number of pyridine rings is 1. The Balaban J connectivity index is 1.63. The predicted molar refractivity (Wildman–Crippen MR) is 89.3 cm³/mol. The van der Waals surface area contributed by atoms with Crippen molar-refractivity contribution < 1.29 is 27.8 Å². The molecule has 0 saturated carbocycles. The van der Waals surface area contributed by atoms with Gasteiger partial charge in [0.25, 0.3) is 0 Å². The quantitative estimate of drug-likeness (QED) is 0.826. The number of anilines is 1. The summed E-state index contributed by atoms with van der Waals surface area (Å²) >= 11 is 0. The average molecular weight is 385 g/mol. The van der Waals surface area contributed by atoms with E-state index in [1.807, 2.05) is 9.80 Å². The van der Waals surface area contributed by atoms with Crippen LogP contribution < -0.4 is 10.3 Å². The highest BCUT2D eigenvalue weighted by atomic mass is 19.4. The van der Waals surface area contributed by atoms with E-state index in [-0.39, 0.29) is 18.1 Å². The third-order valence-corrected chi connectivity index (χ3v) is 4.34. The second-order valence-electron chi connectivity index (χ2n) is 6.17. The van der Waals surface area contributed by atoms with Crippen LogP contribution in [0.15, 0.2) is 33.6 Å². The van der Waals surface area contributed by atoms with Crippen LogP contribution in [0.1, 0.15) is 17.1 Å². The van der Waals surface area contributed by atoms with Gasteiger partial charge < -0.3 is 19.5 Å². The standard InChI is InChI=1S/C17H18F3N3O4/c18-17(19,20)11-1-2-15(21-8-11)23-5-3-22(4-6-23)9-14-16(26)13(25)7-12(10-24)27-14/h1-2,7-8,24,26H,3-6,9-10H2. The molecule has 0 amide bonds. The molecule has 3 heterocycles. The molecule has 0 atom stereocenters. The molecule has 146 valence electrons. The van der Waals surface area contributed by atoms with Crippen LogP contribution in [-0.2, 0) is 19.3 Å². The SMILES string of the molecule is O=c1cc(CO)oc(CN2CCN(c3ccc(C(F)(F)F)cn3)CC2)c1O. The molecule has 1 fully saturated rings. The Morgan fingerprint density at radius 2 is 1.89 bits per heavy atom. The Morgan fingerprint density at radius 1 is 1.19 bits per heavy atom. The first kappa shape index (κ1) is 19.2. The van der Waals surface area contributed by atoms with Gasteiger partial charge in [0.1, 0.15) is 18.2 Å². The number of alkyl halides is 3. The van der Waals surface area contributed by atoms with Gasteiger partial charge in [0.15, 0.2) is 5.76 Å². The van der Waals surface area contributed by atoms with Crippen LogP contribution in [-0.4, -0.2) is 46.3 Å². The summed E-state index contributed by atoms with van der Waals surface area (Å²) in [6, 6.07) is 3.38. The predicted octanol–water partition coefficient (Wildman–Crippen LogP) is 1.57. The summed E-state index contributed by atoms with van der Waals surface area (Å²) in [6.07, 6.45) is -3.60. The summed E-state index contributed by atoms with van der Waals surface area (Å²) in [5.74, 6) is 0.117. The van der Waals surface area contributed by atoms with Crippen molar-refractivity contribution in [1.82, 2.24) is 9.88 Å². The lowest BCUT2D eigenvalue weighted by Gasteiger charge is -2.35. The number of hydrogen-bond donors (Lipinski definition) is 2. The van der Waals surface area contributed by atoms with Crippen molar-refractivity contribution >= 4 is 5.82 Å². The minimum absolute atomic E-state index is 0.0698. The summed E-state index contributed by atoms with van der Waals surface area (Å²) in [4.78, 5) is 19.3. The van der Waals surface area contributed by atoms with Crippen molar-refractivity contribution in [3.8, 4) is 5.75 Å². The van der Waals surface area contributed by atoms with E-state index >= 15 is 0 Å². The topological polar surface area (TPSA) is 90.0 Å². The first-order valence-corrected chi connectivity index (χ1v) is 8.24. The highest BCUT2D eigenvalue weighted by Crippen LogP contribution is 2.29. The number of nitrogens with zero attached hydrogens (tertiary/aromatic N) is 3. The third-order valence-electron chi connectivity index (χ3n) is 4.34. The van der Waals surface area contributed by atoms with Crippen molar-refractivity contribution in [1.29, 1.82) is 0 Å². The Morgan fingerprint density at radius 3 is 2.44 bits per heavy atom. The first-order valence-electron chi connectivity index (χ1n) is 8.24. The fourth-order valence-corrected chi connectivity index (χ4v) is 2.85. The monoisotopic (exact) mass is 385 g/mol. The van der Waals surface area contributed by atoms with Gasteiger partial charge in [0, 0.05) is 38.4 Å². The zero-order valence-electron chi connectivity index (χ0n) is 14.2. The van der Waals surface area contributed by atoms with E-state index in [0.29, 0.717) is 32.0 Å². The number of aromatic hydroxyl groups is 1. The largest absolute Gasteiger partial charge is 0.502 e. The molecule has 0 unspecified atom stereocenters. The molecule has 2 N–H and O–H groups in total. The number of aromatic nitrogens is 1. The maximum absolute atomic E-state index is 12.6. The summed E-state index contributed by atoms with van der Waals surface area (Å²) < 4.78 is 43.1. The van der Waals surface area contributed by atoms with Crippen molar-refractivity contribution in [2.24, 2.45) is 0 Å². The van der Waals surface area contributed by atoms with E-state index in [1.54, 1.807) is 0 Å². The summed E-state index contributed by atoms with van der Waals surface area (Å²) in [5.41, 5.74) is -1.41. The minimum atomic E-state index is -4.42. The number of piperazine rings is 1. The molecule has 0 radical (unpaired) electrons. The van der Waals surface area contributed by atoms with Gasteiger partial charge in [-0.05, 0) is 12.1 Å². The lowest BCUT2D eigenvalue weighted by molar-refractivity contribution is -0.137. The fraction of sp³-hybridized carbons (Fsp3) is 0.412. The van der Waals surface area contributed by atoms with Crippen LogP contribution in [0.5, 0.6) is 5.75 Å². The highest BCUT2D eigenvalue weighted by Gasteiger charge is 2.31. The molecule has 0 aromatic carbocycles. The molecule has 7 nitrogen and oxygen atoms in total. The number of aliphatic hydroxyl groups is 1. The maximum Gasteiger partial charge on any atom is 0.417 e. The molecule has 1 aliphatic rings. The molecule has 3 rings (SSSR count). The first-order chi connectivity index (χ1) is 12.8. The zero-order chi connectivity index (χ0) is 19.6. The summed E-state index contributed by atoms with van der Waals surface area (Å²) in [6.45, 7) is 1.84. The number of halogens is 3. The van der Waals surface area contributed by atoms with Crippen LogP contribution in [0, 0.1) is 0 Å². The van der Waals surface area contributed by atoms with Gasteiger partial charge in [-0.3, -0.25) is 9.69 Å². The van der Waals surface area contributed by atoms with E-state index in [0.717, 1.165) is 18.3 Å². The smallest absolute Gasteiger partial charge is 0.417 e. The van der Waals surface area contributed by atoms with E-state index in [4.69, 9.17) is 9.52 Å². The zero-order valence-corrected chi connectivity index (χ0v) is 14.2. The lowest BCUT2D eigenvalue weighted by atomic mass is 10.2. The Labute approximate surface area is 152 Å². The highest BCUT2D eigenvalue weighted by molar-refractivity contribution is 5.40. The van der Waals surface area contributed by atoms with Crippen LogP contribution in [0.25, 0.3) is 0 Å². The van der Waals surface area contributed by atoms with Crippen LogP contribution in [0.3, 0.4) is 0 Å². The normalized spacial score (nSPS) is 15.9. The van der Waals surface area contributed by atoms with E-state index in [2.05, 4.69) is 4.98 Å². The second-order valence-corrected chi connectivity index (χ2v) is 6.17. The van der Waals surface area contributed by atoms with E-state index in [9.17, 15) is 23.1 Å². The Kier molecular flexibility index (Phi) is 5.38. The molecule has 0 bridgehead atoms. The summed E-state index contributed by atoms with van der Waals surface area (Å²) in [5, 5.41) is 18.9. The fourth-order valence-electron chi connectivity index (χ4n) is 2.85. The average Bonchev–Trinajstić information content (AvgIpc) is 2.65. The molecular weight excluding hydrogens is 367 g/mol. The number of aliphatic hydroxyl groups excluding tert-OH is 1. The molecule has 2 aromatic rings. The summed E-state index contributed by atoms with van der Waals surface area (Å²) in [7, 11) is 0. The maximum atomic E-state index is 12.6. The number of rotatable bonds is 4. The van der Waals surface area contributed by atoms with Gasteiger partial charge in [0.05, 0.1) is 12.1 Å². The molecule has 10 heteroatoms. The van der Waals surface area contributed by atoms with Gasteiger partial charge in [-0.25, -0.2) is 4.98 Å². The molecule has 0 aliphatic carbocycles. The third kappa shape index (κ3) is 4.40. The van der Waals surface area contributed by atoms with Gasteiger partial charge in [-0.15, -0.1) is 0 Å².